The highest BCUT2D eigenvalue weighted by molar-refractivity contribution is 7.61. The first-order chi connectivity index (χ1) is 7.42. The van der Waals surface area contributed by atoms with Gasteiger partial charge >= 0.3 is 13.6 Å². The Bertz CT molecular complexity index is 416. The first-order valence-corrected chi connectivity index (χ1v) is 6.32. The van der Waals surface area contributed by atoms with E-state index in [-0.39, 0.29) is 18.3 Å². The molecule has 0 spiro atoms. The van der Waals surface area contributed by atoms with E-state index in [1.165, 1.54) is 24.3 Å². The average molecular weight is 265 g/mol. The van der Waals surface area contributed by atoms with Crippen LogP contribution in [0.4, 0.5) is 0 Å². The fraction of sp³-hybridized carbons (Fsp3) is 0.222. The van der Waals surface area contributed by atoms with E-state index < -0.39 is 13.6 Å². The van der Waals surface area contributed by atoms with E-state index in [0.717, 1.165) is 0 Å². The summed E-state index contributed by atoms with van der Waals surface area (Å²) >= 11 is 5.62. The van der Waals surface area contributed by atoms with Gasteiger partial charge in [-0.3, -0.25) is 9.36 Å². The first kappa shape index (κ1) is 13.2. The summed E-state index contributed by atoms with van der Waals surface area (Å²) in [5.74, 6) is -1.09. The Balaban J connectivity index is 2.66. The van der Waals surface area contributed by atoms with Gasteiger partial charge in [0, 0.05) is 5.02 Å². The van der Waals surface area contributed by atoms with Gasteiger partial charge in [-0.05, 0) is 24.3 Å². The average Bonchev–Trinajstić information content (AvgIpc) is 2.17. The summed E-state index contributed by atoms with van der Waals surface area (Å²) in [6.45, 7) is -0.314. The van der Waals surface area contributed by atoms with Crippen LogP contribution in [0.2, 0.25) is 5.02 Å². The zero-order valence-corrected chi connectivity index (χ0v) is 9.82. The zero-order valence-electron chi connectivity index (χ0n) is 8.17. The fourth-order valence-electron chi connectivity index (χ4n) is 0.961. The summed E-state index contributed by atoms with van der Waals surface area (Å²) in [5.41, 5.74) is 0. The molecule has 5 nitrogen and oxygen atoms in total. The molecule has 1 aromatic carbocycles. The SMILES string of the molecule is O=C(O)CCOP(=O)(O)c1ccc(Cl)cc1. The van der Waals surface area contributed by atoms with Gasteiger partial charge < -0.3 is 14.5 Å². The number of carboxylic acids is 1. The number of rotatable bonds is 5. The molecule has 0 fully saturated rings. The Morgan fingerprint density at radius 3 is 2.44 bits per heavy atom. The highest BCUT2D eigenvalue weighted by atomic mass is 35.5. The Morgan fingerprint density at radius 1 is 1.38 bits per heavy atom. The standard InChI is InChI=1S/C9H10ClO5P/c10-7-1-3-8(4-2-7)16(13,14)15-6-5-9(11)12/h1-4H,5-6H2,(H,11,12)(H,13,14). The third kappa shape index (κ3) is 3.94. The van der Waals surface area contributed by atoms with E-state index in [2.05, 4.69) is 4.52 Å². The van der Waals surface area contributed by atoms with Crippen molar-refractivity contribution in [3.63, 3.8) is 0 Å². The number of hydrogen-bond acceptors (Lipinski definition) is 3. The van der Waals surface area contributed by atoms with Crippen LogP contribution >= 0.6 is 19.2 Å². The minimum Gasteiger partial charge on any atom is -0.481 e. The minimum atomic E-state index is -3.94. The minimum absolute atomic E-state index is 0.0855. The van der Waals surface area contributed by atoms with Crippen molar-refractivity contribution in [1.29, 1.82) is 0 Å². The molecule has 88 valence electrons. The molecule has 0 aliphatic rings. The molecule has 1 unspecified atom stereocenters. The molecule has 2 N–H and O–H groups in total. The van der Waals surface area contributed by atoms with Crippen molar-refractivity contribution in [3.8, 4) is 0 Å². The summed E-state index contributed by atoms with van der Waals surface area (Å²) in [7, 11) is -3.94. The number of carbonyl (C=O) groups is 1. The largest absolute Gasteiger partial charge is 0.481 e. The van der Waals surface area contributed by atoms with Crippen LogP contribution < -0.4 is 5.30 Å². The maximum absolute atomic E-state index is 11.6. The van der Waals surface area contributed by atoms with Crippen LogP contribution in [-0.4, -0.2) is 22.6 Å². The third-order valence-corrected chi connectivity index (χ3v) is 3.47. The lowest BCUT2D eigenvalue weighted by molar-refractivity contribution is -0.137. The first-order valence-electron chi connectivity index (χ1n) is 4.37. The van der Waals surface area contributed by atoms with E-state index in [4.69, 9.17) is 16.7 Å². The highest BCUT2D eigenvalue weighted by Gasteiger charge is 2.22. The molecule has 0 aromatic heterocycles. The van der Waals surface area contributed by atoms with Crippen LogP contribution in [0.3, 0.4) is 0 Å². The van der Waals surface area contributed by atoms with Gasteiger partial charge in [0.2, 0.25) is 0 Å². The number of benzene rings is 1. The van der Waals surface area contributed by atoms with E-state index in [1.54, 1.807) is 0 Å². The van der Waals surface area contributed by atoms with E-state index >= 15 is 0 Å². The molecule has 1 atom stereocenters. The lowest BCUT2D eigenvalue weighted by Gasteiger charge is -2.11. The summed E-state index contributed by atoms with van der Waals surface area (Å²) in [4.78, 5) is 19.7. The van der Waals surface area contributed by atoms with E-state index in [0.29, 0.717) is 5.02 Å². The quantitative estimate of drug-likeness (QED) is 0.790. The lowest BCUT2D eigenvalue weighted by atomic mass is 10.4. The van der Waals surface area contributed by atoms with E-state index in [9.17, 15) is 14.3 Å². The number of aliphatic carboxylic acids is 1. The van der Waals surface area contributed by atoms with Gasteiger partial charge in [0.1, 0.15) is 0 Å². The Hall–Kier alpha value is -0.870. The van der Waals surface area contributed by atoms with Gasteiger partial charge in [0.15, 0.2) is 0 Å². The van der Waals surface area contributed by atoms with Gasteiger partial charge in [-0.2, -0.15) is 0 Å². The van der Waals surface area contributed by atoms with Crippen LogP contribution in [0.15, 0.2) is 24.3 Å². The second-order valence-corrected chi connectivity index (χ2v) is 5.23. The molecule has 16 heavy (non-hydrogen) atoms. The van der Waals surface area contributed by atoms with Gasteiger partial charge in [-0.15, -0.1) is 0 Å². The normalized spacial score (nSPS) is 14.4. The molecule has 7 heteroatoms. The van der Waals surface area contributed by atoms with Crippen molar-refractivity contribution < 1.29 is 23.9 Å². The van der Waals surface area contributed by atoms with Crippen molar-refractivity contribution in [2.45, 2.75) is 6.42 Å². The molecule has 0 aliphatic carbocycles. The summed E-state index contributed by atoms with van der Waals surface area (Å²) in [6.07, 6.45) is -0.321. The maximum atomic E-state index is 11.6. The van der Waals surface area contributed by atoms with Crippen molar-refractivity contribution in [2.24, 2.45) is 0 Å². The summed E-state index contributed by atoms with van der Waals surface area (Å²) in [6, 6.07) is 5.65. The monoisotopic (exact) mass is 264 g/mol. The van der Waals surface area contributed by atoms with Crippen LogP contribution in [0.1, 0.15) is 6.42 Å². The molecule has 1 aromatic rings. The molecular formula is C9H10ClO5P. The van der Waals surface area contributed by atoms with Crippen LogP contribution in [0, 0.1) is 0 Å². The van der Waals surface area contributed by atoms with Gasteiger partial charge in [-0.1, -0.05) is 11.6 Å². The number of halogens is 1. The second-order valence-electron chi connectivity index (χ2n) is 2.97. The Kier molecular flexibility index (Phi) is 4.50. The molecule has 0 amide bonds. The topological polar surface area (TPSA) is 83.8 Å². The molecular weight excluding hydrogens is 255 g/mol. The summed E-state index contributed by atoms with van der Waals surface area (Å²) < 4.78 is 16.3. The Morgan fingerprint density at radius 2 is 1.94 bits per heavy atom. The number of hydrogen-bond donors (Lipinski definition) is 2. The third-order valence-electron chi connectivity index (χ3n) is 1.74. The van der Waals surface area contributed by atoms with Gasteiger partial charge in [0.25, 0.3) is 0 Å². The molecule has 0 saturated carbocycles. The number of carboxylic acid groups (broad SMARTS) is 1. The summed E-state index contributed by atoms with van der Waals surface area (Å²) in [5, 5.41) is 8.87. The molecule has 0 bridgehead atoms. The van der Waals surface area contributed by atoms with Gasteiger partial charge in [-0.25, -0.2) is 0 Å². The molecule has 0 radical (unpaired) electrons. The molecule has 1 rings (SSSR count). The van der Waals surface area contributed by atoms with E-state index in [1.807, 2.05) is 0 Å². The maximum Gasteiger partial charge on any atom is 0.358 e. The van der Waals surface area contributed by atoms with Crippen LogP contribution in [-0.2, 0) is 13.9 Å². The van der Waals surface area contributed by atoms with Gasteiger partial charge in [0.05, 0.1) is 18.3 Å². The smallest absolute Gasteiger partial charge is 0.358 e. The predicted octanol–water partition coefficient (Wildman–Crippen LogP) is 1.64. The lowest BCUT2D eigenvalue weighted by Crippen LogP contribution is -2.09. The van der Waals surface area contributed by atoms with Crippen molar-refractivity contribution >= 4 is 30.5 Å². The van der Waals surface area contributed by atoms with Crippen LogP contribution in [0.5, 0.6) is 0 Å². The predicted molar refractivity (Wildman–Crippen MR) is 59.1 cm³/mol. The Labute approximate surface area is 97.2 Å². The van der Waals surface area contributed by atoms with Crippen molar-refractivity contribution in [3.05, 3.63) is 29.3 Å². The fourth-order valence-corrected chi connectivity index (χ4v) is 2.10. The molecule has 0 heterocycles. The van der Waals surface area contributed by atoms with Crippen molar-refractivity contribution in [2.75, 3.05) is 6.61 Å². The highest BCUT2D eigenvalue weighted by Crippen LogP contribution is 2.40. The molecule has 0 aliphatic heterocycles. The zero-order chi connectivity index (χ0) is 12.2. The van der Waals surface area contributed by atoms with Crippen LogP contribution in [0.25, 0.3) is 0 Å². The second kappa shape index (κ2) is 5.46. The van der Waals surface area contributed by atoms with Crippen molar-refractivity contribution in [1.82, 2.24) is 0 Å². The molecule has 0 saturated heterocycles.